The van der Waals surface area contributed by atoms with Gasteiger partial charge in [-0.15, -0.1) is 0 Å². The monoisotopic (exact) mass is 438 g/mol. The van der Waals surface area contributed by atoms with Crippen LogP contribution >= 0.6 is 0 Å². The first-order valence-corrected chi connectivity index (χ1v) is 11.3. The minimum absolute atomic E-state index is 0.139. The molecule has 7 nitrogen and oxygen atoms in total. The highest BCUT2D eigenvalue weighted by Gasteiger charge is 2.35. The van der Waals surface area contributed by atoms with Gasteiger partial charge in [-0.2, -0.15) is 0 Å². The Morgan fingerprint density at radius 3 is 2.48 bits per heavy atom. The van der Waals surface area contributed by atoms with Crippen molar-refractivity contribution in [3.8, 4) is 0 Å². The molecule has 0 atom stereocenters. The molecule has 1 aliphatic rings. The molecule has 1 amide bonds. The standard InChI is InChI=1S/C23H22N2O5S/c1-15-17(23(27)30-2)9-5-10-18(15)24-21(26)13-6-14-25-19-11-3-7-16-8-4-12-20(22(16)19)31(25,28)29/h3-5,7-12H,6,13-14H2,1-2H3,(H,24,26). The molecule has 0 aromatic heterocycles. The first kappa shape index (κ1) is 20.9. The highest BCUT2D eigenvalue weighted by Crippen LogP contribution is 2.41. The molecule has 4 rings (SSSR count). The van der Waals surface area contributed by atoms with E-state index in [4.69, 9.17) is 4.74 Å². The summed E-state index contributed by atoms with van der Waals surface area (Å²) in [7, 11) is -2.33. The van der Waals surface area contributed by atoms with Crippen molar-refractivity contribution >= 4 is 44.0 Å². The van der Waals surface area contributed by atoms with Crippen molar-refractivity contribution < 1.29 is 22.7 Å². The topological polar surface area (TPSA) is 92.8 Å². The Balaban J connectivity index is 1.45. The number of ether oxygens (including phenoxy) is 1. The summed E-state index contributed by atoms with van der Waals surface area (Å²) in [5, 5.41) is 4.40. The molecule has 0 aliphatic carbocycles. The summed E-state index contributed by atoms with van der Waals surface area (Å²) in [5.41, 5.74) is 2.18. The Labute approximate surface area is 180 Å². The third-order valence-electron chi connectivity index (χ3n) is 5.46. The minimum Gasteiger partial charge on any atom is -0.465 e. The molecule has 0 spiro atoms. The predicted octanol–water partition coefficient (Wildman–Crippen LogP) is 3.86. The van der Waals surface area contributed by atoms with Crippen molar-refractivity contribution in [1.82, 2.24) is 0 Å². The van der Waals surface area contributed by atoms with E-state index in [0.717, 1.165) is 10.8 Å². The van der Waals surface area contributed by atoms with Gasteiger partial charge in [0.2, 0.25) is 5.91 Å². The minimum atomic E-state index is -3.63. The van der Waals surface area contributed by atoms with Crippen molar-refractivity contribution in [2.45, 2.75) is 24.7 Å². The fraction of sp³-hybridized carbons (Fsp3) is 0.217. The summed E-state index contributed by atoms with van der Waals surface area (Å²) < 4.78 is 32.1. The van der Waals surface area contributed by atoms with Crippen LogP contribution in [0, 0.1) is 6.92 Å². The molecule has 3 aromatic carbocycles. The zero-order chi connectivity index (χ0) is 22.2. The maximum atomic E-state index is 13.0. The van der Waals surface area contributed by atoms with E-state index in [1.54, 1.807) is 43.3 Å². The predicted molar refractivity (Wildman–Crippen MR) is 119 cm³/mol. The lowest BCUT2D eigenvalue weighted by atomic mass is 10.1. The van der Waals surface area contributed by atoms with E-state index in [1.165, 1.54) is 11.4 Å². The average Bonchev–Trinajstić information content (AvgIpc) is 2.98. The third kappa shape index (κ3) is 3.63. The van der Waals surface area contributed by atoms with Gasteiger partial charge in [0.25, 0.3) is 10.0 Å². The van der Waals surface area contributed by atoms with Crippen molar-refractivity contribution in [1.29, 1.82) is 0 Å². The van der Waals surface area contributed by atoms with Crippen LogP contribution in [0.5, 0.6) is 0 Å². The molecule has 0 saturated heterocycles. The molecular formula is C23H22N2O5S. The summed E-state index contributed by atoms with van der Waals surface area (Å²) in [6.07, 6.45) is 0.491. The SMILES string of the molecule is COC(=O)c1cccc(NC(=O)CCCN2c3cccc4cccc(c34)S2(=O)=O)c1C. The second-order valence-corrected chi connectivity index (χ2v) is 9.16. The Bertz CT molecular complexity index is 1300. The van der Waals surface area contributed by atoms with E-state index in [2.05, 4.69) is 5.32 Å². The lowest BCUT2D eigenvalue weighted by Gasteiger charge is -2.18. The van der Waals surface area contributed by atoms with E-state index in [-0.39, 0.29) is 18.9 Å². The van der Waals surface area contributed by atoms with Crippen molar-refractivity contribution in [2.24, 2.45) is 0 Å². The number of benzene rings is 3. The smallest absolute Gasteiger partial charge is 0.338 e. The molecule has 0 unspecified atom stereocenters. The second-order valence-electron chi connectivity index (χ2n) is 7.33. The lowest BCUT2D eigenvalue weighted by molar-refractivity contribution is -0.116. The molecule has 31 heavy (non-hydrogen) atoms. The molecule has 3 aromatic rings. The summed E-state index contributed by atoms with van der Waals surface area (Å²) in [6.45, 7) is 1.93. The molecule has 0 fully saturated rings. The highest BCUT2D eigenvalue weighted by molar-refractivity contribution is 7.93. The van der Waals surface area contributed by atoms with Crippen LogP contribution in [0.2, 0.25) is 0 Å². The largest absolute Gasteiger partial charge is 0.465 e. The van der Waals surface area contributed by atoms with Gasteiger partial charge in [0, 0.05) is 24.0 Å². The van der Waals surface area contributed by atoms with Gasteiger partial charge < -0.3 is 10.1 Å². The fourth-order valence-electron chi connectivity index (χ4n) is 3.90. The zero-order valence-corrected chi connectivity index (χ0v) is 18.0. The Morgan fingerprint density at radius 1 is 1.03 bits per heavy atom. The number of nitrogens with one attached hydrogen (secondary N) is 1. The molecule has 0 radical (unpaired) electrons. The first-order valence-electron chi connectivity index (χ1n) is 9.87. The Morgan fingerprint density at radius 2 is 1.74 bits per heavy atom. The third-order valence-corrected chi connectivity index (χ3v) is 7.32. The maximum Gasteiger partial charge on any atom is 0.338 e. The van der Waals surface area contributed by atoms with Gasteiger partial charge >= 0.3 is 5.97 Å². The van der Waals surface area contributed by atoms with Crippen LogP contribution in [-0.2, 0) is 19.6 Å². The lowest BCUT2D eigenvalue weighted by Crippen LogP contribution is -2.29. The molecule has 0 bridgehead atoms. The van der Waals surface area contributed by atoms with Crippen LogP contribution in [0.4, 0.5) is 11.4 Å². The van der Waals surface area contributed by atoms with Gasteiger partial charge in [-0.25, -0.2) is 13.2 Å². The molecule has 160 valence electrons. The van der Waals surface area contributed by atoms with Crippen LogP contribution in [0.15, 0.2) is 59.5 Å². The Hall–Kier alpha value is -3.39. The number of hydrogen-bond donors (Lipinski definition) is 1. The van der Waals surface area contributed by atoms with E-state index in [9.17, 15) is 18.0 Å². The maximum absolute atomic E-state index is 13.0. The zero-order valence-electron chi connectivity index (χ0n) is 17.2. The quantitative estimate of drug-likeness (QED) is 0.590. The van der Waals surface area contributed by atoms with Crippen LogP contribution in [0.3, 0.4) is 0 Å². The first-order chi connectivity index (χ1) is 14.8. The van der Waals surface area contributed by atoms with E-state index < -0.39 is 16.0 Å². The van der Waals surface area contributed by atoms with Crippen molar-refractivity contribution in [2.75, 3.05) is 23.3 Å². The number of methoxy groups -OCH3 is 1. The van der Waals surface area contributed by atoms with E-state index in [1.807, 2.05) is 18.2 Å². The number of carbonyl (C=O) groups excluding carboxylic acids is 2. The van der Waals surface area contributed by atoms with Crippen molar-refractivity contribution in [3.63, 3.8) is 0 Å². The number of carbonyl (C=O) groups is 2. The van der Waals surface area contributed by atoms with Gasteiger partial charge in [-0.3, -0.25) is 9.10 Å². The molecule has 1 heterocycles. The average molecular weight is 439 g/mol. The molecule has 8 heteroatoms. The van der Waals surface area contributed by atoms with Crippen LogP contribution in [0.1, 0.15) is 28.8 Å². The fourth-order valence-corrected chi connectivity index (χ4v) is 5.65. The second kappa shape index (κ2) is 8.03. The molecule has 1 N–H and O–H groups in total. The highest BCUT2D eigenvalue weighted by atomic mass is 32.2. The van der Waals surface area contributed by atoms with Gasteiger partial charge in [0.15, 0.2) is 0 Å². The summed E-state index contributed by atoms with van der Waals surface area (Å²) in [5.74, 6) is -0.723. The number of hydrogen-bond acceptors (Lipinski definition) is 5. The number of sulfonamides is 1. The van der Waals surface area contributed by atoms with Gasteiger partial charge in [-0.1, -0.05) is 30.3 Å². The van der Waals surface area contributed by atoms with Gasteiger partial charge in [0.05, 0.1) is 23.3 Å². The number of nitrogens with zero attached hydrogens (tertiary/aromatic N) is 1. The number of amides is 1. The van der Waals surface area contributed by atoms with Crippen LogP contribution in [0.25, 0.3) is 10.8 Å². The number of esters is 1. The normalized spacial score (nSPS) is 13.9. The Kier molecular flexibility index (Phi) is 5.41. The summed E-state index contributed by atoms with van der Waals surface area (Å²) in [6, 6.07) is 15.8. The van der Waals surface area contributed by atoms with Gasteiger partial charge in [-0.05, 0) is 48.6 Å². The molecule has 1 aliphatic heterocycles. The summed E-state index contributed by atoms with van der Waals surface area (Å²) >= 11 is 0. The molecule has 0 saturated carbocycles. The summed E-state index contributed by atoms with van der Waals surface area (Å²) in [4.78, 5) is 24.6. The number of anilines is 2. The van der Waals surface area contributed by atoms with Crippen LogP contribution < -0.4 is 9.62 Å². The van der Waals surface area contributed by atoms with Crippen molar-refractivity contribution in [3.05, 3.63) is 65.7 Å². The van der Waals surface area contributed by atoms with Gasteiger partial charge in [0.1, 0.15) is 0 Å². The van der Waals surface area contributed by atoms with E-state index in [0.29, 0.717) is 33.8 Å². The van der Waals surface area contributed by atoms with Crippen LogP contribution in [-0.4, -0.2) is 33.9 Å². The van der Waals surface area contributed by atoms with E-state index >= 15 is 0 Å². The molecular weight excluding hydrogens is 416 g/mol. The number of rotatable bonds is 6.